The third-order valence-electron chi connectivity index (χ3n) is 18.2. The van der Waals surface area contributed by atoms with Crippen molar-refractivity contribution < 1.29 is 0 Å². The molecule has 3 nitrogen and oxygen atoms in total. The first-order valence-corrected chi connectivity index (χ1v) is 23.2. The molecule has 9 aliphatic rings. The van der Waals surface area contributed by atoms with E-state index in [1.54, 1.807) is 82.8 Å². The minimum absolute atomic E-state index is 0.508. The van der Waals surface area contributed by atoms with Gasteiger partial charge in [-0.15, -0.1) is 0 Å². The first-order chi connectivity index (χ1) is 24.2. The molecule has 0 spiro atoms. The lowest BCUT2D eigenvalue weighted by Gasteiger charge is -2.56. The Hall–Kier alpha value is -0.410. The molecule has 16 atom stereocenters. The molecule has 2 aliphatic heterocycles. The summed E-state index contributed by atoms with van der Waals surface area (Å²) in [6.45, 7) is 2.37. The lowest BCUT2D eigenvalue weighted by Crippen LogP contribution is -2.52. The topological polar surface area (TPSA) is 50.4 Å². The Morgan fingerprint density at radius 2 is 1.41 bits per heavy atom. The predicted molar refractivity (Wildman–Crippen MR) is 206 cm³/mol. The van der Waals surface area contributed by atoms with Crippen molar-refractivity contribution in [3.63, 3.8) is 0 Å². The van der Waals surface area contributed by atoms with Gasteiger partial charge >= 0.3 is 0 Å². The summed E-state index contributed by atoms with van der Waals surface area (Å²) in [7, 11) is 0. The molecule has 3 heteroatoms. The van der Waals surface area contributed by atoms with Crippen molar-refractivity contribution in [2.24, 2.45) is 93.6 Å². The molecule has 276 valence electrons. The van der Waals surface area contributed by atoms with E-state index in [0.717, 1.165) is 95.4 Å². The summed E-state index contributed by atoms with van der Waals surface area (Å²) < 4.78 is 0. The summed E-state index contributed by atoms with van der Waals surface area (Å²) in [6, 6.07) is 1.32. The van der Waals surface area contributed by atoms with Gasteiger partial charge in [0.2, 0.25) is 0 Å². The van der Waals surface area contributed by atoms with E-state index < -0.39 is 0 Å². The highest BCUT2D eigenvalue weighted by atomic mass is 14.9. The van der Waals surface area contributed by atoms with Crippen molar-refractivity contribution in [2.75, 3.05) is 13.1 Å². The minimum Gasteiger partial charge on any atom is -0.327 e. The fraction of sp³-hybridized carbons (Fsp3) is 0.978. The van der Waals surface area contributed by atoms with Crippen molar-refractivity contribution in [3.8, 4) is 0 Å². The second-order valence-corrected chi connectivity index (χ2v) is 20.5. The third kappa shape index (κ3) is 7.40. The summed E-state index contributed by atoms with van der Waals surface area (Å²) in [5, 5.41) is 3.83. The molecule has 7 aliphatic carbocycles. The third-order valence-corrected chi connectivity index (χ3v) is 18.2. The standard InChI is InChI=1S/C46H77N3/c47-44-16-4-3-15-41(44)45-35(19-22-40-38-13-1-2-14-39(38)42-29-43(42)46(40)45)27-30-8-5-9-32(26-30)34-11-6-10-33(28-34)31(18-21-37-23-25-49-37)17-20-36-12-7-24-48-36/h30-36,38-46,48H,1-29,47H2/t30?,31?,32?,33?,34?,35?,36?,38?,39?,40?,41?,42-,43?,44?,45?,46?/m0/s1. The lowest BCUT2D eigenvalue weighted by molar-refractivity contribution is -0.0712. The van der Waals surface area contributed by atoms with Crippen molar-refractivity contribution >= 4 is 5.71 Å². The number of nitrogens with one attached hydrogen (secondary N) is 1. The van der Waals surface area contributed by atoms with Crippen LogP contribution in [0.1, 0.15) is 173 Å². The smallest absolute Gasteiger partial charge is 0.0440 e. The van der Waals surface area contributed by atoms with Crippen LogP contribution in [0, 0.1) is 82.9 Å². The van der Waals surface area contributed by atoms with Crippen LogP contribution in [0.25, 0.3) is 0 Å². The van der Waals surface area contributed by atoms with E-state index in [2.05, 4.69) is 5.32 Å². The number of fused-ring (bicyclic) bond motifs is 6. The van der Waals surface area contributed by atoms with Gasteiger partial charge in [-0.05, 0) is 192 Å². The quantitative estimate of drug-likeness (QED) is 0.230. The summed E-state index contributed by atoms with van der Waals surface area (Å²) in [4.78, 5) is 4.75. The van der Waals surface area contributed by atoms with Gasteiger partial charge in [0.25, 0.3) is 0 Å². The Bertz CT molecular complexity index is 1110. The number of aliphatic imine (C=N–C) groups is 1. The monoisotopic (exact) mass is 672 g/mol. The molecule has 0 aromatic rings. The fourth-order valence-electron chi connectivity index (χ4n) is 15.9. The molecule has 3 N–H and O–H groups in total. The first kappa shape index (κ1) is 34.4. The predicted octanol–water partition coefficient (Wildman–Crippen LogP) is 11.0. The van der Waals surface area contributed by atoms with E-state index in [9.17, 15) is 0 Å². The van der Waals surface area contributed by atoms with Gasteiger partial charge in [0, 0.05) is 30.8 Å². The Morgan fingerprint density at radius 1 is 0.633 bits per heavy atom. The molecule has 7 saturated carbocycles. The molecular formula is C46H77N3. The average Bonchev–Trinajstić information content (AvgIpc) is 3.76. The molecule has 2 heterocycles. The van der Waals surface area contributed by atoms with Crippen LogP contribution in [0.4, 0.5) is 0 Å². The molecule has 15 unspecified atom stereocenters. The molecule has 9 rings (SSSR count). The van der Waals surface area contributed by atoms with Crippen LogP contribution in [-0.4, -0.2) is 30.9 Å². The van der Waals surface area contributed by atoms with Crippen molar-refractivity contribution in [2.45, 2.75) is 185 Å². The highest BCUT2D eigenvalue weighted by Gasteiger charge is 2.63. The van der Waals surface area contributed by atoms with Gasteiger partial charge in [-0.1, -0.05) is 64.2 Å². The van der Waals surface area contributed by atoms with Gasteiger partial charge in [0.1, 0.15) is 0 Å². The number of nitrogens with two attached hydrogens (primary N) is 1. The number of nitrogens with zero attached hydrogens (tertiary/aromatic N) is 1. The second kappa shape index (κ2) is 15.5. The van der Waals surface area contributed by atoms with Gasteiger partial charge in [-0.2, -0.15) is 0 Å². The van der Waals surface area contributed by atoms with Crippen molar-refractivity contribution in [1.29, 1.82) is 0 Å². The molecule has 0 radical (unpaired) electrons. The van der Waals surface area contributed by atoms with Crippen molar-refractivity contribution in [1.82, 2.24) is 5.32 Å². The number of hydrogen-bond donors (Lipinski definition) is 2. The van der Waals surface area contributed by atoms with Gasteiger partial charge in [0.05, 0.1) is 0 Å². The largest absolute Gasteiger partial charge is 0.327 e. The minimum atomic E-state index is 0.508. The van der Waals surface area contributed by atoms with Crippen LogP contribution in [0.2, 0.25) is 0 Å². The van der Waals surface area contributed by atoms with Crippen LogP contribution in [0.3, 0.4) is 0 Å². The average molecular weight is 672 g/mol. The van der Waals surface area contributed by atoms with Gasteiger partial charge in [-0.3, -0.25) is 4.99 Å². The summed E-state index contributed by atoms with van der Waals surface area (Å²) >= 11 is 0. The molecule has 8 fully saturated rings. The highest BCUT2D eigenvalue weighted by molar-refractivity contribution is 5.88. The van der Waals surface area contributed by atoms with E-state index in [4.69, 9.17) is 10.7 Å². The van der Waals surface area contributed by atoms with Crippen LogP contribution < -0.4 is 11.1 Å². The summed E-state index contributed by atoms with van der Waals surface area (Å²) in [5.74, 6) is 14.5. The number of rotatable bonds is 11. The first-order valence-electron chi connectivity index (χ1n) is 23.2. The molecule has 49 heavy (non-hydrogen) atoms. The SMILES string of the molecule is NC1CCCCC1C1C(CC2CCCC(C3CCCC(C(CCC4=NCC4)CCC4CCCN4)C3)C2)CCC2C3CCCCC3[C@@H]3CC3C21. The maximum absolute atomic E-state index is 7.17. The van der Waals surface area contributed by atoms with E-state index in [1.165, 1.54) is 103 Å². The zero-order valence-electron chi connectivity index (χ0n) is 31.8. The Balaban J connectivity index is 0.862. The Morgan fingerprint density at radius 3 is 2.18 bits per heavy atom. The Kier molecular flexibility index (Phi) is 10.9. The van der Waals surface area contributed by atoms with Gasteiger partial charge in [-0.25, -0.2) is 0 Å². The van der Waals surface area contributed by atoms with Crippen LogP contribution in [0.5, 0.6) is 0 Å². The van der Waals surface area contributed by atoms with Crippen molar-refractivity contribution in [3.05, 3.63) is 0 Å². The van der Waals surface area contributed by atoms with E-state index in [-0.39, 0.29) is 0 Å². The molecule has 0 aromatic heterocycles. The second-order valence-electron chi connectivity index (χ2n) is 20.5. The summed E-state index contributed by atoms with van der Waals surface area (Å²) in [6.07, 6.45) is 40.5. The number of hydrogen-bond acceptors (Lipinski definition) is 3. The molecule has 0 amide bonds. The normalized spacial score (nSPS) is 48.8. The van der Waals surface area contributed by atoms with Crippen LogP contribution in [-0.2, 0) is 0 Å². The van der Waals surface area contributed by atoms with E-state index in [0.29, 0.717) is 6.04 Å². The molecule has 0 aromatic carbocycles. The van der Waals surface area contributed by atoms with Gasteiger partial charge in [0.15, 0.2) is 0 Å². The molecule has 0 bridgehead atoms. The zero-order chi connectivity index (χ0) is 32.7. The van der Waals surface area contributed by atoms with Crippen LogP contribution >= 0.6 is 0 Å². The zero-order valence-corrected chi connectivity index (χ0v) is 31.8. The van der Waals surface area contributed by atoms with E-state index >= 15 is 0 Å². The van der Waals surface area contributed by atoms with Crippen LogP contribution in [0.15, 0.2) is 4.99 Å². The maximum Gasteiger partial charge on any atom is 0.0440 e. The Labute approximate surface area is 302 Å². The summed E-state index contributed by atoms with van der Waals surface area (Å²) in [5.41, 5.74) is 8.72. The molecular weight excluding hydrogens is 595 g/mol. The van der Waals surface area contributed by atoms with E-state index in [1.807, 2.05) is 0 Å². The molecule has 1 saturated heterocycles. The maximum atomic E-state index is 7.17. The fourth-order valence-corrected chi connectivity index (χ4v) is 15.9. The van der Waals surface area contributed by atoms with Gasteiger partial charge < -0.3 is 11.1 Å². The highest BCUT2D eigenvalue weighted by Crippen LogP contribution is 2.69. The lowest BCUT2D eigenvalue weighted by atomic mass is 9.49.